The third-order valence-electron chi connectivity index (χ3n) is 1.32. The van der Waals surface area contributed by atoms with Crippen molar-refractivity contribution in [2.45, 2.75) is 0 Å². The number of rotatable bonds is 1. The normalized spacial score (nSPS) is 8.92. The van der Waals surface area contributed by atoms with Crippen molar-refractivity contribution in [1.29, 1.82) is 0 Å². The van der Waals surface area contributed by atoms with Gasteiger partial charge in [-0.1, -0.05) is 0 Å². The van der Waals surface area contributed by atoms with E-state index < -0.39 is 23.2 Å². The van der Waals surface area contributed by atoms with Gasteiger partial charge in [0.25, 0.3) is 0 Å². The third kappa shape index (κ3) is 2.41. The van der Waals surface area contributed by atoms with Gasteiger partial charge in [-0.3, -0.25) is 0 Å². The second-order valence-electron chi connectivity index (χ2n) is 2.17. The SMILES string of the molecule is O=C(O)c1cc(O)c(O)c(O)c1.[TeH2]. The van der Waals surface area contributed by atoms with Gasteiger partial charge >= 0.3 is 29.6 Å². The molecular formula is C7H8O5Te. The first-order chi connectivity index (χ1) is 5.52. The zero-order chi connectivity index (χ0) is 9.30. The van der Waals surface area contributed by atoms with Crippen molar-refractivity contribution in [1.82, 2.24) is 0 Å². The maximum absolute atomic E-state index is 10.3. The number of phenolic OH excluding ortho intramolecular Hbond substituents is 3. The average Bonchev–Trinajstić information content (AvgIpc) is 1.99. The summed E-state index contributed by atoms with van der Waals surface area (Å²) in [5.74, 6) is -3.33. The van der Waals surface area contributed by atoms with Crippen molar-refractivity contribution >= 4 is 29.6 Å². The van der Waals surface area contributed by atoms with E-state index in [4.69, 9.17) is 20.4 Å². The molecule has 0 atom stereocenters. The molecule has 0 saturated carbocycles. The van der Waals surface area contributed by atoms with Gasteiger partial charge in [0.15, 0.2) is 17.2 Å². The molecule has 0 unspecified atom stereocenters. The fourth-order valence-corrected chi connectivity index (χ4v) is 0.728. The molecule has 0 aliphatic rings. The molecule has 0 aromatic heterocycles. The van der Waals surface area contributed by atoms with Crippen LogP contribution in [0, 0.1) is 0 Å². The van der Waals surface area contributed by atoms with Crippen LogP contribution >= 0.6 is 0 Å². The van der Waals surface area contributed by atoms with Crippen LogP contribution in [0.5, 0.6) is 17.2 Å². The zero-order valence-corrected chi connectivity index (χ0v) is 9.21. The molecule has 1 aromatic rings. The van der Waals surface area contributed by atoms with Gasteiger partial charge in [0, 0.05) is 0 Å². The summed E-state index contributed by atoms with van der Waals surface area (Å²) >= 11 is 0. The maximum atomic E-state index is 10.3. The van der Waals surface area contributed by atoms with E-state index in [0.29, 0.717) is 0 Å². The monoisotopic (exact) mass is 302 g/mol. The summed E-state index contributed by atoms with van der Waals surface area (Å²) in [7, 11) is 0. The predicted molar refractivity (Wildman–Crippen MR) is 46.9 cm³/mol. The molecule has 0 saturated heterocycles. The van der Waals surface area contributed by atoms with Crippen LogP contribution in [-0.2, 0) is 0 Å². The number of benzene rings is 1. The molecular weight excluding hydrogens is 292 g/mol. The summed E-state index contributed by atoms with van der Waals surface area (Å²) in [6.07, 6.45) is 0. The van der Waals surface area contributed by atoms with E-state index in [1.165, 1.54) is 0 Å². The first-order valence-electron chi connectivity index (χ1n) is 3.00. The first-order valence-corrected chi connectivity index (χ1v) is 3.00. The Morgan fingerprint density at radius 3 is 1.77 bits per heavy atom. The molecule has 0 aliphatic heterocycles. The molecule has 0 aliphatic carbocycles. The fourth-order valence-electron chi connectivity index (χ4n) is 0.728. The first kappa shape index (κ1) is 11.9. The van der Waals surface area contributed by atoms with Crippen LogP contribution in [0.2, 0.25) is 0 Å². The number of phenols is 3. The van der Waals surface area contributed by atoms with Crippen LogP contribution < -0.4 is 0 Å². The van der Waals surface area contributed by atoms with Gasteiger partial charge in [0.05, 0.1) is 5.56 Å². The summed E-state index contributed by atoms with van der Waals surface area (Å²) in [4.78, 5) is 10.3. The molecule has 0 bridgehead atoms. The molecule has 0 fully saturated rings. The third-order valence-corrected chi connectivity index (χ3v) is 1.32. The Balaban J connectivity index is 0.00000144. The zero-order valence-electron chi connectivity index (χ0n) is 6.35. The van der Waals surface area contributed by atoms with E-state index in [-0.39, 0.29) is 29.2 Å². The van der Waals surface area contributed by atoms with Crippen molar-refractivity contribution in [2.75, 3.05) is 0 Å². The molecule has 0 spiro atoms. The standard InChI is InChI=1S/C7H6O5.H2Te/c8-4-1-3(7(11)12)2-5(9)6(4)10;/h1-2,8-10H,(H,11,12);1H2. The van der Waals surface area contributed by atoms with Gasteiger partial charge in [0.2, 0.25) is 0 Å². The van der Waals surface area contributed by atoms with Crippen LogP contribution in [-0.4, -0.2) is 50.1 Å². The average molecular weight is 300 g/mol. The molecule has 13 heavy (non-hydrogen) atoms. The van der Waals surface area contributed by atoms with Crippen molar-refractivity contribution in [3.63, 3.8) is 0 Å². The van der Waals surface area contributed by atoms with Gasteiger partial charge in [0.1, 0.15) is 0 Å². The number of carboxylic acid groups (broad SMARTS) is 1. The fraction of sp³-hybridized carbons (Fsp3) is 0. The van der Waals surface area contributed by atoms with Crippen molar-refractivity contribution in [2.24, 2.45) is 0 Å². The Hall–Kier alpha value is -1.12. The Kier molecular flexibility index (Phi) is 3.85. The molecule has 72 valence electrons. The van der Waals surface area contributed by atoms with Gasteiger partial charge in [-0.15, -0.1) is 0 Å². The number of aromatic carboxylic acids is 1. The minimum atomic E-state index is -1.29. The predicted octanol–water partition coefficient (Wildman–Crippen LogP) is -0.415. The number of carbonyl (C=O) groups is 1. The molecule has 0 heterocycles. The van der Waals surface area contributed by atoms with Gasteiger partial charge < -0.3 is 20.4 Å². The molecule has 6 heteroatoms. The Morgan fingerprint density at radius 1 is 1.08 bits per heavy atom. The van der Waals surface area contributed by atoms with E-state index in [0.717, 1.165) is 12.1 Å². The molecule has 4 N–H and O–H groups in total. The number of aromatic hydroxyl groups is 3. The molecule has 1 rings (SSSR count). The van der Waals surface area contributed by atoms with Gasteiger partial charge in [-0.2, -0.15) is 0 Å². The van der Waals surface area contributed by atoms with E-state index in [2.05, 4.69) is 0 Å². The van der Waals surface area contributed by atoms with E-state index >= 15 is 0 Å². The molecule has 5 nitrogen and oxygen atoms in total. The van der Waals surface area contributed by atoms with Crippen LogP contribution in [0.1, 0.15) is 10.4 Å². The number of hydrogen-bond donors (Lipinski definition) is 4. The van der Waals surface area contributed by atoms with Crippen molar-refractivity contribution < 1.29 is 25.2 Å². The second kappa shape index (κ2) is 4.21. The van der Waals surface area contributed by atoms with Crippen molar-refractivity contribution in [3.05, 3.63) is 17.7 Å². The molecule has 1 aromatic carbocycles. The number of hydrogen-bond acceptors (Lipinski definition) is 4. The molecule has 0 amide bonds. The quantitative estimate of drug-likeness (QED) is 0.417. The van der Waals surface area contributed by atoms with Crippen LogP contribution in [0.25, 0.3) is 0 Å². The summed E-state index contributed by atoms with van der Waals surface area (Å²) < 4.78 is 0. The van der Waals surface area contributed by atoms with Crippen LogP contribution in [0.3, 0.4) is 0 Å². The number of carboxylic acids is 1. The summed E-state index contributed by atoms with van der Waals surface area (Å²) in [6, 6.07) is 1.69. The second-order valence-corrected chi connectivity index (χ2v) is 2.17. The van der Waals surface area contributed by atoms with Crippen LogP contribution in [0.4, 0.5) is 0 Å². The van der Waals surface area contributed by atoms with Crippen molar-refractivity contribution in [3.8, 4) is 17.2 Å². The Bertz CT molecular complexity index is 313. The van der Waals surface area contributed by atoms with Gasteiger partial charge in [-0.25, -0.2) is 4.79 Å². The minimum absolute atomic E-state index is 0. The van der Waals surface area contributed by atoms with Crippen LogP contribution in [0.15, 0.2) is 12.1 Å². The van der Waals surface area contributed by atoms with E-state index in [1.54, 1.807) is 0 Å². The summed E-state index contributed by atoms with van der Waals surface area (Å²) in [5.41, 5.74) is -0.289. The summed E-state index contributed by atoms with van der Waals surface area (Å²) in [6.45, 7) is 0. The Labute approximate surface area is 90.0 Å². The Morgan fingerprint density at radius 2 is 1.46 bits per heavy atom. The summed E-state index contributed by atoms with van der Waals surface area (Å²) in [5, 5.41) is 35.0. The van der Waals surface area contributed by atoms with E-state index in [1.807, 2.05) is 0 Å². The topological polar surface area (TPSA) is 98.0 Å². The van der Waals surface area contributed by atoms with E-state index in [9.17, 15) is 4.79 Å². The molecule has 0 radical (unpaired) electrons. The van der Waals surface area contributed by atoms with Gasteiger partial charge in [-0.05, 0) is 12.1 Å².